The molecule has 0 bridgehead atoms. The summed E-state index contributed by atoms with van der Waals surface area (Å²) in [5.74, 6) is 0.130. The van der Waals surface area contributed by atoms with Crippen molar-refractivity contribution in [2.75, 3.05) is 0 Å². The van der Waals surface area contributed by atoms with E-state index in [0.29, 0.717) is 29.3 Å². The zero-order chi connectivity index (χ0) is 11.3. The Morgan fingerprint density at radius 3 is 2.47 bits per heavy atom. The highest BCUT2D eigenvalue weighted by molar-refractivity contribution is 6.36. The number of hydrogen-bond acceptors (Lipinski definition) is 1. The Kier molecular flexibility index (Phi) is 4.86. The van der Waals surface area contributed by atoms with E-state index >= 15 is 0 Å². The van der Waals surface area contributed by atoms with E-state index in [1.54, 1.807) is 24.3 Å². The molecule has 1 rings (SSSR count). The molecular weight excluding hydrogens is 231 g/mol. The van der Waals surface area contributed by atoms with Crippen LogP contribution in [0.15, 0.2) is 30.9 Å². The molecule has 15 heavy (non-hydrogen) atoms. The summed E-state index contributed by atoms with van der Waals surface area (Å²) in [4.78, 5) is 11.5. The van der Waals surface area contributed by atoms with Crippen LogP contribution in [0.5, 0.6) is 0 Å². The van der Waals surface area contributed by atoms with E-state index in [0.717, 1.165) is 5.56 Å². The SMILES string of the molecule is C=CCCC(=O)Cc1c(Cl)cccc1Cl. The van der Waals surface area contributed by atoms with Gasteiger partial charge in [0.25, 0.3) is 0 Å². The molecule has 1 aromatic rings. The Morgan fingerprint density at radius 1 is 1.33 bits per heavy atom. The average Bonchev–Trinajstić information content (AvgIpc) is 2.21. The van der Waals surface area contributed by atoms with Gasteiger partial charge in [0.2, 0.25) is 0 Å². The second-order valence-corrected chi connectivity index (χ2v) is 4.06. The standard InChI is InChI=1S/C12H12Cl2O/c1-2-3-5-9(15)8-10-11(13)6-4-7-12(10)14/h2,4,6-7H,1,3,5,8H2. The fraction of sp³-hybridized carbons (Fsp3) is 0.250. The van der Waals surface area contributed by atoms with Crippen molar-refractivity contribution in [1.82, 2.24) is 0 Å². The van der Waals surface area contributed by atoms with Gasteiger partial charge in [-0.05, 0) is 24.1 Å². The van der Waals surface area contributed by atoms with Gasteiger partial charge in [0.05, 0.1) is 0 Å². The maximum Gasteiger partial charge on any atom is 0.137 e. The number of allylic oxidation sites excluding steroid dienone is 1. The summed E-state index contributed by atoms with van der Waals surface area (Å²) in [6.07, 6.45) is 3.21. The fourth-order valence-corrected chi connectivity index (χ4v) is 1.78. The molecule has 0 fully saturated rings. The second kappa shape index (κ2) is 5.94. The first-order chi connectivity index (χ1) is 7.15. The smallest absolute Gasteiger partial charge is 0.137 e. The van der Waals surface area contributed by atoms with Crippen LogP contribution in [0.2, 0.25) is 10.0 Å². The molecular formula is C12H12Cl2O. The van der Waals surface area contributed by atoms with Crippen LogP contribution in [0.4, 0.5) is 0 Å². The van der Waals surface area contributed by atoms with E-state index < -0.39 is 0 Å². The molecule has 0 amide bonds. The molecule has 0 N–H and O–H groups in total. The van der Waals surface area contributed by atoms with Crippen molar-refractivity contribution < 1.29 is 4.79 Å². The number of benzene rings is 1. The van der Waals surface area contributed by atoms with Gasteiger partial charge in [0.1, 0.15) is 5.78 Å². The predicted molar refractivity (Wildman–Crippen MR) is 64.6 cm³/mol. The van der Waals surface area contributed by atoms with Crippen LogP contribution in [-0.2, 0) is 11.2 Å². The molecule has 0 spiro atoms. The van der Waals surface area contributed by atoms with Gasteiger partial charge >= 0.3 is 0 Å². The summed E-state index contributed by atoms with van der Waals surface area (Å²) in [7, 11) is 0. The van der Waals surface area contributed by atoms with E-state index in [4.69, 9.17) is 23.2 Å². The Morgan fingerprint density at radius 2 is 1.93 bits per heavy atom. The third kappa shape index (κ3) is 3.69. The number of hydrogen-bond donors (Lipinski definition) is 0. The summed E-state index contributed by atoms with van der Waals surface area (Å²) in [5, 5.41) is 1.10. The zero-order valence-corrected chi connectivity index (χ0v) is 9.81. The summed E-state index contributed by atoms with van der Waals surface area (Å²) < 4.78 is 0. The Balaban J connectivity index is 2.71. The molecule has 0 unspecified atom stereocenters. The lowest BCUT2D eigenvalue weighted by atomic mass is 10.1. The van der Waals surface area contributed by atoms with E-state index in [9.17, 15) is 4.79 Å². The van der Waals surface area contributed by atoms with Crippen molar-refractivity contribution in [2.24, 2.45) is 0 Å². The number of Topliss-reactive ketones (excluding diaryl/α,β-unsaturated/α-hetero) is 1. The molecule has 0 aromatic heterocycles. The largest absolute Gasteiger partial charge is 0.299 e. The quantitative estimate of drug-likeness (QED) is 0.712. The Hall–Kier alpha value is -0.790. The number of carbonyl (C=O) groups excluding carboxylic acids is 1. The van der Waals surface area contributed by atoms with Crippen LogP contribution in [-0.4, -0.2) is 5.78 Å². The van der Waals surface area contributed by atoms with E-state index in [1.165, 1.54) is 0 Å². The Labute approximate surface area is 99.7 Å². The first-order valence-electron chi connectivity index (χ1n) is 4.70. The lowest BCUT2D eigenvalue weighted by molar-refractivity contribution is -0.118. The van der Waals surface area contributed by atoms with Crippen LogP contribution in [0.1, 0.15) is 18.4 Å². The third-order valence-electron chi connectivity index (χ3n) is 2.06. The molecule has 0 aliphatic rings. The molecule has 0 saturated heterocycles. The molecule has 0 aliphatic carbocycles. The van der Waals surface area contributed by atoms with Gasteiger partial charge in [0.15, 0.2) is 0 Å². The minimum atomic E-state index is 0.130. The third-order valence-corrected chi connectivity index (χ3v) is 2.77. The maximum absolute atomic E-state index is 11.5. The molecule has 0 saturated carbocycles. The second-order valence-electron chi connectivity index (χ2n) is 3.24. The van der Waals surface area contributed by atoms with E-state index in [-0.39, 0.29) is 5.78 Å². The van der Waals surface area contributed by atoms with Gasteiger partial charge < -0.3 is 0 Å². The Bertz CT molecular complexity index is 352. The first kappa shape index (κ1) is 12.3. The predicted octanol–water partition coefficient (Wildman–Crippen LogP) is 4.07. The average molecular weight is 243 g/mol. The van der Waals surface area contributed by atoms with Crippen LogP contribution in [0.25, 0.3) is 0 Å². The summed E-state index contributed by atoms with van der Waals surface area (Å²) in [6.45, 7) is 3.57. The van der Waals surface area contributed by atoms with Crippen molar-refractivity contribution >= 4 is 29.0 Å². The van der Waals surface area contributed by atoms with Crippen LogP contribution in [0.3, 0.4) is 0 Å². The van der Waals surface area contributed by atoms with Gasteiger partial charge in [-0.2, -0.15) is 0 Å². The monoisotopic (exact) mass is 242 g/mol. The van der Waals surface area contributed by atoms with E-state index in [1.807, 2.05) is 0 Å². The number of rotatable bonds is 5. The highest BCUT2D eigenvalue weighted by atomic mass is 35.5. The highest BCUT2D eigenvalue weighted by Gasteiger charge is 2.09. The molecule has 1 aromatic carbocycles. The molecule has 80 valence electrons. The fourth-order valence-electron chi connectivity index (χ4n) is 1.25. The normalized spacial score (nSPS) is 10.0. The number of halogens is 2. The van der Waals surface area contributed by atoms with Crippen molar-refractivity contribution in [3.05, 3.63) is 46.5 Å². The lowest BCUT2D eigenvalue weighted by Gasteiger charge is -2.05. The highest BCUT2D eigenvalue weighted by Crippen LogP contribution is 2.25. The molecule has 0 radical (unpaired) electrons. The molecule has 0 atom stereocenters. The van der Waals surface area contributed by atoms with Gasteiger partial charge in [-0.25, -0.2) is 0 Å². The molecule has 1 nitrogen and oxygen atoms in total. The summed E-state index contributed by atoms with van der Waals surface area (Å²) >= 11 is 11.9. The molecule has 0 heterocycles. The minimum Gasteiger partial charge on any atom is -0.299 e. The van der Waals surface area contributed by atoms with Gasteiger partial charge in [-0.3, -0.25) is 4.79 Å². The lowest BCUT2D eigenvalue weighted by Crippen LogP contribution is -2.03. The van der Waals surface area contributed by atoms with Crippen LogP contribution < -0.4 is 0 Å². The van der Waals surface area contributed by atoms with Crippen LogP contribution >= 0.6 is 23.2 Å². The van der Waals surface area contributed by atoms with Gasteiger partial charge in [-0.15, -0.1) is 6.58 Å². The van der Waals surface area contributed by atoms with Crippen molar-refractivity contribution in [3.63, 3.8) is 0 Å². The maximum atomic E-state index is 11.5. The topological polar surface area (TPSA) is 17.1 Å². The minimum absolute atomic E-state index is 0.130. The molecule has 3 heteroatoms. The summed E-state index contributed by atoms with van der Waals surface area (Å²) in [6, 6.07) is 5.25. The number of ketones is 1. The number of carbonyl (C=O) groups is 1. The first-order valence-corrected chi connectivity index (χ1v) is 5.46. The molecule has 0 aliphatic heterocycles. The van der Waals surface area contributed by atoms with Crippen molar-refractivity contribution in [3.8, 4) is 0 Å². The zero-order valence-electron chi connectivity index (χ0n) is 8.30. The van der Waals surface area contributed by atoms with Crippen LogP contribution in [0, 0.1) is 0 Å². The van der Waals surface area contributed by atoms with Crippen molar-refractivity contribution in [2.45, 2.75) is 19.3 Å². The van der Waals surface area contributed by atoms with Gasteiger partial charge in [-0.1, -0.05) is 35.3 Å². The van der Waals surface area contributed by atoms with Gasteiger partial charge in [0, 0.05) is 22.9 Å². The van der Waals surface area contributed by atoms with E-state index in [2.05, 4.69) is 6.58 Å². The van der Waals surface area contributed by atoms with Crippen molar-refractivity contribution in [1.29, 1.82) is 0 Å². The summed E-state index contributed by atoms with van der Waals surface area (Å²) in [5.41, 5.74) is 0.717.